The van der Waals surface area contributed by atoms with Gasteiger partial charge >= 0.3 is 0 Å². The molecule has 2 heteroatoms. The van der Waals surface area contributed by atoms with Crippen LogP contribution in [0.1, 0.15) is 45.4 Å². The minimum Gasteiger partial charge on any atom is -0.389 e. The molecule has 0 amide bonds. The SMILES string of the molecule is CC1=C2[C@@H](CC1=O)C[C@@]1(O)[C@@H]2C[C@@H]2CCC[C@@H]21. The van der Waals surface area contributed by atoms with Crippen LogP contribution < -0.4 is 0 Å². The molecule has 0 aromatic heterocycles. The topological polar surface area (TPSA) is 37.3 Å². The molecule has 17 heavy (non-hydrogen) atoms. The Morgan fingerprint density at radius 2 is 2.18 bits per heavy atom. The number of rotatable bonds is 0. The van der Waals surface area contributed by atoms with Crippen LogP contribution >= 0.6 is 0 Å². The van der Waals surface area contributed by atoms with Crippen molar-refractivity contribution in [3.8, 4) is 0 Å². The summed E-state index contributed by atoms with van der Waals surface area (Å²) in [6.07, 6.45) is 6.51. The van der Waals surface area contributed by atoms with E-state index in [9.17, 15) is 9.90 Å². The summed E-state index contributed by atoms with van der Waals surface area (Å²) in [5.41, 5.74) is 1.91. The number of carbonyl (C=O) groups excluding carboxylic acids is 1. The molecule has 0 radical (unpaired) electrons. The molecule has 0 aromatic rings. The number of hydrogen-bond acceptors (Lipinski definition) is 2. The second kappa shape index (κ2) is 3.03. The average molecular weight is 232 g/mol. The third-order valence-electron chi connectivity index (χ3n) is 6.11. The van der Waals surface area contributed by atoms with Crippen molar-refractivity contribution in [2.45, 2.75) is 51.0 Å². The van der Waals surface area contributed by atoms with Crippen molar-refractivity contribution in [1.82, 2.24) is 0 Å². The van der Waals surface area contributed by atoms with Gasteiger partial charge in [-0.05, 0) is 49.5 Å². The zero-order valence-electron chi connectivity index (χ0n) is 10.4. The van der Waals surface area contributed by atoms with Gasteiger partial charge in [-0.15, -0.1) is 0 Å². The maximum atomic E-state index is 11.8. The lowest BCUT2D eigenvalue weighted by molar-refractivity contribution is -0.115. The van der Waals surface area contributed by atoms with Crippen LogP contribution in [0.2, 0.25) is 0 Å². The summed E-state index contributed by atoms with van der Waals surface area (Å²) in [6, 6.07) is 0. The third kappa shape index (κ3) is 1.08. The summed E-state index contributed by atoms with van der Waals surface area (Å²) in [7, 11) is 0. The van der Waals surface area contributed by atoms with Crippen molar-refractivity contribution in [3.05, 3.63) is 11.1 Å². The van der Waals surface area contributed by atoms with Crippen LogP contribution in [-0.2, 0) is 4.79 Å². The van der Waals surface area contributed by atoms with Gasteiger partial charge in [0.15, 0.2) is 5.78 Å². The molecule has 3 fully saturated rings. The van der Waals surface area contributed by atoms with Gasteiger partial charge in [0.2, 0.25) is 0 Å². The van der Waals surface area contributed by atoms with Crippen molar-refractivity contribution in [3.63, 3.8) is 0 Å². The predicted molar refractivity (Wildman–Crippen MR) is 64.3 cm³/mol. The second-order valence-electron chi connectivity index (χ2n) is 6.69. The molecule has 0 unspecified atom stereocenters. The van der Waals surface area contributed by atoms with E-state index in [0.717, 1.165) is 24.3 Å². The van der Waals surface area contributed by atoms with E-state index in [0.29, 0.717) is 30.0 Å². The molecular formula is C15H20O2. The summed E-state index contributed by atoms with van der Waals surface area (Å²) in [5.74, 6) is 2.33. The normalized spacial score (nSPS) is 52.0. The quantitative estimate of drug-likeness (QED) is 0.696. The number of carbonyl (C=O) groups is 1. The molecule has 2 nitrogen and oxygen atoms in total. The number of fused-ring (bicyclic) bond motifs is 5. The van der Waals surface area contributed by atoms with Crippen molar-refractivity contribution in [1.29, 1.82) is 0 Å². The average Bonchev–Trinajstić information content (AvgIpc) is 2.93. The molecule has 92 valence electrons. The number of ketones is 1. The predicted octanol–water partition coefficient (Wildman–Crippen LogP) is 2.46. The van der Waals surface area contributed by atoms with E-state index in [4.69, 9.17) is 0 Å². The second-order valence-corrected chi connectivity index (χ2v) is 6.69. The molecule has 0 aromatic carbocycles. The molecule has 0 spiro atoms. The summed E-state index contributed by atoms with van der Waals surface area (Å²) in [6.45, 7) is 1.98. The van der Waals surface area contributed by atoms with Gasteiger partial charge in [0.05, 0.1) is 5.60 Å². The first kappa shape index (κ1) is 10.3. The van der Waals surface area contributed by atoms with Crippen LogP contribution in [0.3, 0.4) is 0 Å². The third-order valence-corrected chi connectivity index (χ3v) is 6.11. The van der Waals surface area contributed by atoms with Crippen molar-refractivity contribution in [2.75, 3.05) is 0 Å². The first-order chi connectivity index (χ1) is 8.11. The number of Topliss-reactive ketones (excluding diaryl/α,β-unsaturated/α-hetero) is 1. The highest BCUT2D eigenvalue weighted by molar-refractivity contribution is 5.99. The van der Waals surface area contributed by atoms with Gasteiger partial charge in [0.1, 0.15) is 0 Å². The lowest BCUT2D eigenvalue weighted by Gasteiger charge is -2.30. The van der Waals surface area contributed by atoms with E-state index in [2.05, 4.69) is 0 Å². The van der Waals surface area contributed by atoms with Crippen molar-refractivity contribution >= 4 is 5.78 Å². The monoisotopic (exact) mass is 232 g/mol. The molecule has 0 bridgehead atoms. The first-order valence-electron chi connectivity index (χ1n) is 7.07. The van der Waals surface area contributed by atoms with E-state index < -0.39 is 5.60 Å². The Hall–Kier alpha value is -0.630. The molecule has 3 saturated carbocycles. The molecule has 4 aliphatic rings. The minimum atomic E-state index is -0.441. The van der Waals surface area contributed by atoms with Gasteiger partial charge < -0.3 is 5.11 Å². The van der Waals surface area contributed by atoms with Gasteiger partial charge in [0, 0.05) is 12.3 Å². The minimum absolute atomic E-state index is 0.328. The Bertz CT molecular complexity index is 436. The lowest BCUT2D eigenvalue weighted by atomic mass is 9.83. The summed E-state index contributed by atoms with van der Waals surface area (Å²) in [4.78, 5) is 11.8. The number of aliphatic hydroxyl groups is 1. The summed E-state index contributed by atoms with van der Waals surface area (Å²) < 4.78 is 0. The zero-order valence-corrected chi connectivity index (χ0v) is 10.4. The Balaban J connectivity index is 1.79. The Labute approximate surface area is 102 Å². The van der Waals surface area contributed by atoms with Gasteiger partial charge in [0.25, 0.3) is 0 Å². The van der Waals surface area contributed by atoms with Gasteiger partial charge in [-0.25, -0.2) is 0 Å². The molecule has 5 atom stereocenters. The van der Waals surface area contributed by atoms with Crippen LogP contribution in [0.4, 0.5) is 0 Å². The highest BCUT2D eigenvalue weighted by atomic mass is 16.3. The Morgan fingerprint density at radius 1 is 1.35 bits per heavy atom. The molecule has 4 aliphatic carbocycles. The molecule has 0 aliphatic heterocycles. The standard InChI is InChI=1S/C15H20O2/c1-8-13(16)6-10-7-15(17)11-4-2-3-9(11)5-12(15)14(8)10/h9-12,17H,2-7H2,1H3/t9-,10-,11-,12+,15-/m0/s1. The van der Waals surface area contributed by atoms with Crippen LogP contribution in [0.5, 0.6) is 0 Å². The Morgan fingerprint density at radius 3 is 3.00 bits per heavy atom. The summed E-state index contributed by atoms with van der Waals surface area (Å²) in [5, 5.41) is 11.1. The first-order valence-corrected chi connectivity index (χ1v) is 7.07. The van der Waals surface area contributed by atoms with E-state index in [-0.39, 0.29) is 0 Å². The van der Waals surface area contributed by atoms with Gasteiger partial charge in [-0.3, -0.25) is 4.79 Å². The fourth-order valence-corrected chi connectivity index (χ4v) is 5.51. The van der Waals surface area contributed by atoms with Crippen LogP contribution in [0, 0.1) is 23.7 Å². The van der Waals surface area contributed by atoms with E-state index in [1.807, 2.05) is 6.92 Å². The molecule has 4 rings (SSSR count). The van der Waals surface area contributed by atoms with Crippen molar-refractivity contribution < 1.29 is 9.90 Å². The van der Waals surface area contributed by atoms with Crippen LogP contribution in [0.15, 0.2) is 11.1 Å². The van der Waals surface area contributed by atoms with Crippen LogP contribution in [0.25, 0.3) is 0 Å². The lowest BCUT2D eigenvalue weighted by Crippen LogP contribution is -2.36. The van der Waals surface area contributed by atoms with E-state index in [1.54, 1.807) is 0 Å². The van der Waals surface area contributed by atoms with E-state index in [1.165, 1.54) is 24.8 Å². The summed E-state index contributed by atoms with van der Waals surface area (Å²) >= 11 is 0. The maximum absolute atomic E-state index is 11.8. The fourth-order valence-electron chi connectivity index (χ4n) is 5.51. The molecule has 0 heterocycles. The molecular weight excluding hydrogens is 212 g/mol. The fraction of sp³-hybridized carbons (Fsp3) is 0.800. The van der Waals surface area contributed by atoms with Gasteiger partial charge in [-0.2, -0.15) is 0 Å². The van der Waals surface area contributed by atoms with Crippen LogP contribution in [-0.4, -0.2) is 16.5 Å². The molecule has 0 saturated heterocycles. The van der Waals surface area contributed by atoms with E-state index >= 15 is 0 Å². The maximum Gasteiger partial charge on any atom is 0.159 e. The number of hydrogen-bond donors (Lipinski definition) is 1. The zero-order chi connectivity index (χ0) is 11.8. The van der Waals surface area contributed by atoms with Gasteiger partial charge in [-0.1, -0.05) is 18.4 Å². The number of allylic oxidation sites excluding steroid dienone is 1. The highest BCUT2D eigenvalue weighted by Gasteiger charge is 2.63. The Kier molecular flexibility index (Phi) is 1.84. The smallest absolute Gasteiger partial charge is 0.159 e. The molecule has 1 N–H and O–H groups in total. The highest BCUT2D eigenvalue weighted by Crippen LogP contribution is 2.64. The largest absolute Gasteiger partial charge is 0.389 e. The van der Waals surface area contributed by atoms with Crippen molar-refractivity contribution in [2.24, 2.45) is 23.7 Å².